The van der Waals surface area contributed by atoms with Gasteiger partial charge in [0.25, 0.3) is 0 Å². The number of hydrogen-bond acceptors (Lipinski definition) is 3. The first-order chi connectivity index (χ1) is 7.07. The number of amides is 1. The Morgan fingerprint density at radius 3 is 2.60 bits per heavy atom. The fourth-order valence-corrected chi connectivity index (χ4v) is 1.64. The zero-order chi connectivity index (χ0) is 11.7. The van der Waals surface area contributed by atoms with Gasteiger partial charge < -0.3 is 10.6 Å². The summed E-state index contributed by atoms with van der Waals surface area (Å²) in [5.74, 6) is 0.727. The standard InChI is InChI=1S/C10H22N2O2S/c1-4-6-12-10(13)9(2)11-7-5-8-15(3)14/h9,11H,4-8H2,1-3H3,(H,12,13). The van der Waals surface area contributed by atoms with Crippen LogP contribution in [0.25, 0.3) is 0 Å². The normalized spacial score (nSPS) is 14.6. The molecule has 2 atom stereocenters. The van der Waals surface area contributed by atoms with Gasteiger partial charge in [-0.15, -0.1) is 0 Å². The summed E-state index contributed by atoms with van der Waals surface area (Å²) in [6, 6.07) is -0.165. The zero-order valence-electron chi connectivity index (χ0n) is 9.84. The third-order valence-corrected chi connectivity index (χ3v) is 2.87. The van der Waals surface area contributed by atoms with Gasteiger partial charge >= 0.3 is 0 Å². The molecule has 4 nitrogen and oxygen atoms in total. The van der Waals surface area contributed by atoms with Crippen LogP contribution in [0, 0.1) is 0 Å². The van der Waals surface area contributed by atoms with Crippen LogP contribution in [-0.2, 0) is 15.6 Å². The average molecular weight is 234 g/mol. The molecule has 2 unspecified atom stereocenters. The molecule has 2 N–H and O–H groups in total. The van der Waals surface area contributed by atoms with Crippen molar-refractivity contribution in [3.8, 4) is 0 Å². The van der Waals surface area contributed by atoms with Crippen molar-refractivity contribution >= 4 is 16.7 Å². The van der Waals surface area contributed by atoms with E-state index in [0.29, 0.717) is 5.75 Å². The van der Waals surface area contributed by atoms with E-state index < -0.39 is 10.8 Å². The molecule has 5 heteroatoms. The summed E-state index contributed by atoms with van der Waals surface area (Å²) in [5, 5.41) is 5.92. The summed E-state index contributed by atoms with van der Waals surface area (Å²) in [4.78, 5) is 11.4. The first-order valence-corrected chi connectivity index (χ1v) is 7.11. The maximum Gasteiger partial charge on any atom is 0.236 e. The Bertz CT molecular complexity index is 210. The van der Waals surface area contributed by atoms with Crippen LogP contribution in [0.4, 0.5) is 0 Å². The van der Waals surface area contributed by atoms with Crippen LogP contribution in [0.15, 0.2) is 0 Å². The van der Waals surface area contributed by atoms with Crippen LogP contribution < -0.4 is 10.6 Å². The molecule has 0 aliphatic heterocycles. The van der Waals surface area contributed by atoms with Crippen LogP contribution >= 0.6 is 0 Å². The number of hydrogen-bond donors (Lipinski definition) is 2. The molecular formula is C10H22N2O2S. The van der Waals surface area contributed by atoms with Crippen molar-refractivity contribution in [3.63, 3.8) is 0 Å². The molecule has 90 valence electrons. The lowest BCUT2D eigenvalue weighted by atomic mass is 10.3. The molecule has 0 heterocycles. The molecule has 0 aromatic heterocycles. The fourth-order valence-electron chi connectivity index (χ4n) is 1.09. The summed E-state index contributed by atoms with van der Waals surface area (Å²) in [7, 11) is -0.736. The quantitative estimate of drug-likeness (QED) is 0.592. The Kier molecular flexibility index (Phi) is 8.61. The summed E-state index contributed by atoms with van der Waals surface area (Å²) in [6.45, 7) is 5.33. The minimum absolute atomic E-state index is 0.0365. The summed E-state index contributed by atoms with van der Waals surface area (Å²) >= 11 is 0. The van der Waals surface area contributed by atoms with E-state index in [9.17, 15) is 9.00 Å². The first-order valence-electron chi connectivity index (χ1n) is 5.39. The predicted octanol–water partition coefficient (Wildman–Crippen LogP) is 0.259. The zero-order valence-corrected chi connectivity index (χ0v) is 10.7. The SMILES string of the molecule is CCCNC(=O)C(C)NCCCS(C)=O. The molecule has 0 bridgehead atoms. The van der Waals surface area contributed by atoms with Crippen molar-refractivity contribution in [1.29, 1.82) is 0 Å². The molecule has 0 fully saturated rings. The van der Waals surface area contributed by atoms with Crippen LogP contribution in [0.3, 0.4) is 0 Å². The van der Waals surface area contributed by atoms with Crippen molar-refractivity contribution in [3.05, 3.63) is 0 Å². The van der Waals surface area contributed by atoms with Gasteiger partial charge in [-0.05, 0) is 26.3 Å². The molecule has 0 aliphatic rings. The monoisotopic (exact) mass is 234 g/mol. The van der Waals surface area contributed by atoms with Gasteiger partial charge in [-0.2, -0.15) is 0 Å². The minimum Gasteiger partial charge on any atom is -0.355 e. The topological polar surface area (TPSA) is 58.2 Å². The third kappa shape index (κ3) is 8.57. The highest BCUT2D eigenvalue weighted by atomic mass is 32.2. The Morgan fingerprint density at radius 2 is 2.07 bits per heavy atom. The second kappa shape index (κ2) is 8.85. The molecular weight excluding hydrogens is 212 g/mol. The lowest BCUT2D eigenvalue weighted by molar-refractivity contribution is -0.122. The van der Waals surface area contributed by atoms with Gasteiger partial charge in [0.1, 0.15) is 0 Å². The van der Waals surface area contributed by atoms with E-state index in [0.717, 1.165) is 25.9 Å². The van der Waals surface area contributed by atoms with Gasteiger partial charge in [0.05, 0.1) is 6.04 Å². The van der Waals surface area contributed by atoms with Gasteiger partial charge in [-0.1, -0.05) is 6.92 Å². The van der Waals surface area contributed by atoms with E-state index in [1.54, 1.807) is 6.26 Å². The Balaban J connectivity index is 3.50. The second-order valence-corrected chi connectivity index (χ2v) is 5.15. The third-order valence-electron chi connectivity index (χ3n) is 2.00. The first kappa shape index (κ1) is 14.6. The lowest BCUT2D eigenvalue weighted by Gasteiger charge is -2.13. The van der Waals surface area contributed by atoms with Crippen LogP contribution in [-0.4, -0.2) is 41.3 Å². The lowest BCUT2D eigenvalue weighted by Crippen LogP contribution is -2.42. The van der Waals surface area contributed by atoms with Gasteiger partial charge in [-0.3, -0.25) is 9.00 Å². The molecule has 0 aromatic rings. The maximum atomic E-state index is 11.4. The molecule has 0 saturated carbocycles. The number of rotatable bonds is 8. The molecule has 0 saturated heterocycles. The van der Waals surface area contributed by atoms with Crippen LogP contribution in [0.2, 0.25) is 0 Å². The van der Waals surface area contributed by atoms with Crippen LogP contribution in [0.5, 0.6) is 0 Å². The maximum absolute atomic E-state index is 11.4. The van der Waals surface area contributed by atoms with Gasteiger partial charge in [0.15, 0.2) is 0 Å². The van der Waals surface area contributed by atoms with Gasteiger partial charge in [0, 0.05) is 29.4 Å². The van der Waals surface area contributed by atoms with Gasteiger partial charge in [-0.25, -0.2) is 0 Å². The number of carbonyl (C=O) groups excluding carboxylic acids is 1. The Labute approximate surface area is 94.7 Å². The Morgan fingerprint density at radius 1 is 1.40 bits per heavy atom. The fraction of sp³-hybridized carbons (Fsp3) is 0.900. The van der Waals surface area contributed by atoms with Crippen molar-refractivity contribution in [1.82, 2.24) is 10.6 Å². The smallest absolute Gasteiger partial charge is 0.236 e. The van der Waals surface area contributed by atoms with E-state index in [4.69, 9.17) is 0 Å². The highest BCUT2D eigenvalue weighted by Crippen LogP contribution is 1.86. The molecule has 0 radical (unpaired) electrons. The summed E-state index contributed by atoms with van der Waals surface area (Å²) < 4.78 is 10.8. The van der Waals surface area contributed by atoms with Crippen molar-refractivity contribution < 1.29 is 9.00 Å². The molecule has 15 heavy (non-hydrogen) atoms. The van der Waals surface area contributed by atoms with Gasteiger partial charge in [0.2, 0.25) is 5.91 Å². The van der Waals surface area contributed by atoms with Crippen molar-refractivity contribution in [2.24, 2.45) is 0 Å². The van der Waals surface area contributed by atoms with Crippen molar-refractivity contribution in [2.45, 2.75) is 32.7 Å². The molecule has 1 amide bonds. The van der Waals surface area contributed by atoms with E-state index in [-0.39, 0.29) is 11.9 Å². The van der Waals surface area contributed by atoms with E-state index in [2.05, 4.69) is 10.6 Å². The van der Waals surface area contributed by atoms with Crippen molar-refractivity contribution in [2.75, 3.05) is 25.1 Å². The summed E-state index contributed by atoms with van der Waals surface area (Å²) in [5.41, 5.74) is 0. The molecule has 0 aromatic carbocycles. The largest absolute Gasteiger partial charge is 0.355 e. The predicted molar refractivity (Wildman–Crippen MR) is 64.3 cm³/mol. The minimum atomic E-state index is -0.736. The average Bonchev–Trinajstić information content (AvgIpc) is 2.20. The highest BCUT2D eigenvalue weighted by Gasteiger charge is 2.10. The highest BCUT2D eigenvalue weighted by molar-refractivity contribution is 7.84. The van der Waals surface area contributed by atoms with E-state index in [1.165, 1.54) is 0 Å². The molecule has 0 rings (SSSR count). The van der Waals surface area contributed by atoms with Crippen LogP contribution in [0.1, 0.15) is 26.7 Å². The number of carbonyl (C=O) groups is 1. The second-order valence-electron chi connectivity index (χ2n) is 3.60. The summed E-state index contributed by atoms with van der Waals surface area (Å²) in [6.07, 6.45) is 3.49. The van der Waals surface area contributed by atoms with E-state index in [1.807, 2.05) is 13.8 Å². The number of nitrogens with one attached hydrogen (secondary N) is 2. The molecule has 0 aliphatic carbocycles. The Hall–Kier alpha value is -0.420. The molecule has 0 spiro atoms. The van der Waals surface area contributed by atoms with E-state index >= 15 is 0 Å².